The molecule has 0 spiro atoms. The van der Waals surface area contributed by atoms with Crippen molar-refractivity contribution < 1.29 is 4.39 Å². The molecule has 3 aromatic heterocycles. The Labute approximate surface area is 176 Å². The van der Waals surface area contributed by atoms with Gasteiger partial charge in [0.05, 0.1) is 23.0 Å². The molecule has 1 N–H and O–H groups in total. The number of nitrogens with one attached hydrogen (secondary N) is 1. The molecule has 0 bridgehead atoms. The molecular weight excluding hydrogens is 403 g/mol. The summed E-state index contributed by atoms with van der Waals surface area (Å²) >= 11 is 1.38. The molecule has 0 fully saturated rings. The van der Waals surface area contributed by atoms with Crippen LogP contribution < -0.4 is 10.9 Å². The Kier molecular flexibility index (Phi) is 5.13. The molecule has 9 heteroatoms. The van der Waals surface area contributed by atoms with E-state index in [0.717, 1.165) is 5.69 Å². The number of fused-ring (bicyclic) bond motifs is 1. The average Bonchev–Trinajstić information content (AvgIpc) is 3.09. The summed E-state index contributed by atoms with van der Waals surface area (Å²) in [6, 6.07) is 5.55. The molecule has 0 radical (unpaired) electrons. The fraction of sp³-hybridized carbons (Fsp3) is 0.190. The van der Waals surface area contributed by atoms with Gasteiger partial charge in [-0.05, 0) is 45.2 Å². The van der Waals surface area contributed by atoms with E-state index in [-0.39, 0.29) is 5.56 Å². The standard InChI is InChI=1S/C21H19FN6OS/c1-11-9-30-21-27-17(13(3)26-19-18(23-4)12(2)24-10-25-19)16(20(29)28(11)21)14-6-5-7-15(22)8-14/h5-10,13H,4H2,1-3H3,(H,24,25,26)/t13-/m0/s1. The molecule has 0 aliphatic rings. The lowest BCUT2D eigenvalue weighted by molar-refractivity contribution is 0.628. The maximum Gasteiger partial charge on any atom is 0.266 e. The molecule has 0 saturated carbocycles. The highest BCUT2D eigenvalue weighted by Gasteiger charge is 2.22. The zero-order valence-corrected chi connectivity index (χ0v) is 17.5. The van der Waals surface area contributed by atoms with Crippen LogP contribution in [0, 0.1) is 19.7 Å². The van der Waals surface area contributed by atoms with Crippen molar-refractivity contribution in [2.75, 3.05) is 5.32 Å². The topological polar surface area (TPSA) is 84.5 Å². The molecule has 1 atom stereocenters. The molecular formula is C21H19FN6OS. The van der Waals surface area contributed by atoms with E-state index in [9.17, 15) is 9.18 Å². The average molecular weight is 422 g/mol. The lowest BCUT2D eigenvalue weighted by atomic mass is 10.0. The molecule has 0 aliphatic carbocycles. The minimum absolute atomic E-state index is 0.242. The normalized spacial score (nSPS) is 12.1. The second-order valence-electron chi connectivity index (χ2n) is 6.86. The summed E-state index contributed by atoms with van der Waals surface area (Å²) in [7, 11) is 0. The Morgan fingerprint density at radius 1 is 1.30 bits per heavy atom. The van der Waals surface area contributed by atoms with Gasteiger partial charge in [-0.3, -0.25) is 14.2 Å². The molecule has 0 amide bonds. The number of halogens is 1. The number of thiazole rings is 1. The van der Waals surface area contributed by atoms with Crippen molar-refractivity contribution in [3.63, 3.8) is 0 Å². The number of aliphatic imine (C=N–C) groups is 1. The monoisotopic (exact) mass is 422 g/mol. The van der Waals surface area contributed by atoms with Gasteiger partial charge >= 0.3 is 0 Å². The fourth-order valence-electron chi connectivity index (χ4n) is 3.36. The number of aryl methyl sites for hydroxylation is 2. The fourth-order valence-corrected chi connectivity index (χ4v) is 4.23. The van der Waals surface area contributed by atoms with Crippen LogP contribution in [0.4, 0.5) is 15.9 Å². The van der Waals surface area contributed by atoms with Gasteiger partial charge in [0.1, 0.15) is 17.8 Å². The van der Waals surface area contributed by atoms with E-state index in [1.807, 2.05) is 26.2 Å². The summed E-state index contributed by atoms with van der Waals surface area (Å²) in [5.41, 5.74) is 3.05. The second kappa shape index (κ2) is 7.75. The minimum Gasteiger partial charge on any atom is -0.360 e. The number of rotatable bonds is 5. The SMILES string of the molecule is C=Nc1c(C)ncnc1N[C@@H](C)c1nc2scc(C)n2c(=O)c1-c1cccc(F)c1. The second-order valence-corrected chi connectivity index (χ2v) is 7.70. The third-order valence-corrected chi connectivity index (χ3v) is 5.75. The Morgan fingerprint density at radius 3 is 2.83 bits per heavy atom. The van der Waals surface area contributed by atoms with E-state index < -0.39 is 11.9 Å². The molecule has 1 aromatic carbocycles. The Morgan fingerprint density at radius 2 is 2.10 bits per heavy atom. The summed E-state index contributed by atoms with van der Waals surface area (Å²) < 4.78 is 15.5. The maximum absolute atomic E-state index is 14.0. The first kappa shape index (κ1) is 19.8. The molecule has 0 saturated heterocycles. The van der Waals surface area contributed by atoms with E-state index in [1.165, 1.54) is 29.8 Å². The van der Waals surface area contributed by atoms with Crippen LogP contribution in [0.3, 0.4) is 0 Å². The Balaban J connectivity index is 1.92. The largest absolute Gasteiger partial charge is 0.360 e. The van der Waals surface area contributed by atoms with Crippen LogP contribution in [-0.4, -0.2) is 26.1 Å². The lowest BCUT2D eigenvalue weighted by Crippen LogP contribution is -2.23. The Hall–Kier alpha value is -3.46. The van der Waals surface area contributed by atoms with Crippen molar-refractivity contribution in [1.29, 1.82) is 0 Å². The first-order valence-corrected chi connectivity index (χ1v) is 10.1. The molecule has 0 unspecified atom stereocenters. The molecule has 7 nitrogen and oxygen atoms in total. The van der Waals surface area contributed by atoms with E-state index >= 15 is 0 Å². The van der Waals surface area contributed by atoms with Crippen molar-refractivity contribution in [3.05, 3.63) is 69.2 Å². The molecule has 0 aliphatic heterocycles. The highest BCUT2D eigenvalue weighted by atomic mass is 32.1. The van der Waals surface area contributed by atoms with Gasteiger partial charge in [-0.25, -0.2) is 19.3 Å². The summed E-state index contributed by atoms with van der Waals surface area (Å²) in [6.45, 7) is 9.11. The summed E-state index contributed by atoms with van der Waals surface area (Å²) in [6.07, 6.45) is 1.43. The van der Waals surface area contributed by atoms with Crippen LogP contribution in [0.25, 0.3) is 16.1 Å². The number of hydrogen-bond acceptors (Lipinski definition) is 7. The van der Waals surface area contributed by atoms with Gasteiger partial charge in [0.2, 0.25) is 0 Å². The predicted molar refractivity (Wildman–Crippen MR) is 117 cm³/mol. The van der Waals surface area contributed by atoms with Gasteiger partial charge in [0, 0.05) is 11.1 Å². The van der Waals surface area contributed by atoms with Crippen LogP contribution in [0.15, 0.2) is 45.8 Å². The van der Waals surface area contributed by atoms with Crippen LogP contribution in [0.5, 0.6) is 0 Å². The lowest BCUT2D eigenvalue weighted by Gasteiger charge is -2.19. The maximum atomic E-state index is 14.0. The van der Waals surface area contributed by atoms with Crippen molar-refractivity contribution in [1.82, 2.24) is 19.4 Å². The first-order chi connectivity index (χ1) is 14.4. The number of aromatic nitrogens is 4. The number of nitrogens with zero attached hydrogens (tertiary/aromatic N) is 5. The Bertz CT molecular complexity index is 1330. The van der Waals surface area contributed by atoms with E-state index in [4.69, 9.17) is 4.98 Å². The molecule has 152 valence electrons. The molecule has 4 rings (SSSR count). The molecule has 3 heterocycles. The number of hydrogen-bond donors (Lipinski definition) is 1. The van der Waals surface area contributed by atoms with Crippen LogP contribution in [0.1, 0.15) is 30.0 Å². The third kappa shape index (κ3) is 3.37. The van der Waals surface area contributed by atoms with Crippen molar-refractivity contribution >= 4 is 34.5 Å². The van der Waals surface area contributed by atoms with Gasteiger partial charge in [-0.15, -0.1) is 11.3 Å². The van der Waals surface area contributed by atoms with Gasteiger partial charge in [-0.2, -0.15) is 0 Å². The highest BCUT2D eigenvalue weighted by Crippen LogP contribution is 2.31. The van der Waals surface area contributed by atoms with Gasteiger partial charge < -0.3 is 5.32 Å². The first-order valence-electron chi connectivity index (χ1n) is 9.22. The van der Waals surface area contributed by atoms with Crippen LogP contribution >= 0.6 is 11.3 Å². The smallest absolute Gasteiger partial charge is 0.266 e. The van der Waals surface area contributed by atoms with Crippen molar-refractivity contribution in [3.8, 4) is 11.1 Å². The quantitative estimate of drug-likeness (QED) is 0.480. The summed E-state index contributed by atoms with van der Waals surface area (Å²) in [5.74, 6) is 0.0646. The van der Waals surface area contributed by atoms with Gasteiger partial charge in [0.25, 0.3) is 5.56 Å². The number of anilines is 1. The van der Waals surface area contributed by atoms with Crippen LogP contribution in [0.2, 0.25) is 0 Å². The zero-order chi connectivity index (χ0) is 21.4. The van der Waals surface area contributed by atoms with E-state index in [1.54, 1.807) is 16.5 Å². The summed E-state index contributed by atoms with van der Waals surface area (Å²) in [4.78, 5) is 31.1. The van der Waals surface area contributed by atoms with Crippen LogP contribution in [-0.2, 0) is 0 Å². The van der Waals surface area contributed by atoms with Gasteiger partial charge in [-0.1, -0.05) is 12.1 Å². The predicted octanol–water partition coefficient (Wildman–Crippen LogP) is 4.47. The van der Waals surface area contributed by atoms with Gasteiger partial charge in [0.15, 0.2) is 10.8 Å². The van der Waals surface area contributed by atoms with Crippen molar-refractivity contribution in [2.24, 2.45) is 4.99 Å². The number of benzene rings is 1. The summed E-state index contributed by atoms with van der Waals surface area (Å²) in [5, 5.41) is 5.13. The minimum atomic E-state index is -0.421. The zero-order valence-electron chi connectivity index (χ0n) is 16.7. The van der Waals surface area contributed by atoms with Crippen molar-refractivity contribution in [2.45, 2.75) is 26.8 Å². The van der Waals surface area contributed by atoms with E-state index in [0.29, 0.717) is 39.0 Å². The molecule has 4 aromatic rings. The third-order valence-electron chi connectivity index (χ3n) is 4.81. The van der Waals surface area contributed by atoms with E-state index in [2.05, 4.69) is 27.0 Å². The highest BCUT2D eigenvalue weighted by molar-refractivity contribution is 7.15. The molecule has 30 heavy (non-hydrogen) atoms.